The third kappa shape index (κ3) is 5.90. The Labute approximate surface area is 187 Å². The fourth-order valence-electron chi connectivity index (χ4n) is 3.55. The van der Waals surface area contributed by atoms with Crippen LogP contribution in [0.25, 0.3) is 11.1 Å². The minimum atomic E-state index is -0.844. The normalized spacial score (nSPS) is 12.1. The molecule has 32 heavy (non-hydrogen) atoms. The van der Waals surface area contributed by atoms with Gasteiger partial charge in [-0.1, -0.05) is 42.5 Å². The van der Waals surface area contributed by atoms with Crippen molar-refractivity contribution in [1.82, 2.24) is 4.90 Å². The van der Waals surface area contributed by atoms with Crippen LogP contribution < -0.4 is 4.74 Å². The number of nitro benzene ring substituents is 1. The van der Waals surface area contributed by atoms with Gasteiger partial charge in [-0.15, -0.1) is 0 Å². The van der Waals surface area contributed by atoms with Crippen molar-refractivity contribution in [1.29, 1.82) is 0 Å². The molecule has 0 bridgehead atoms. The summed E-state index contributed by atoms with van der Waals surface area (Å²) in [6.07, 6.45) is -0.844. The molecule has 0 saturated carbocycles. The summed E-state index contributed by atoms with van der Waals surface area (Å²) in [4.78, 5) is 11.9. The number of benzene rings is 3. The summed E-state index contributed by atoms with van der Waals surface area (Å²) in [6.45, 7) is 5.07. The summed E-state index contributed by atoms with van der Waals surface area (Å²) < 4.78 is 19.2. The minimum Gasteiger partial charge on any atom is -0.488 e. The summed E-state index contributed by atoms with van der Waals surface area (Å²) in [7, 11) is 1.88. The lowest BCUT2D eigenvalue weighted by Gasteiger charge is -2.21. The zero-order valence-corrected chi connectivity index (χ0v) is 18.4. The largest absolute Gasteiger partial charge is 0.488 e. The van der Waals surface area contributed by atoms with E-state index in [0.29, 0.717) is 13.1 Å². The van der Waals surface area contributed by atoms with Crippen LogP contribution in [-0.2, 0) is 6.54 Å². The SMILES string of the molecule is Cc1cccc(-c2ccc(CN(C)CC(O)COc3ccc([N+](=O)[O-])cc3F)cc2)c1C. The molecular weight excluding hydrogens is 411 g/mol. The Morgan fingerprint density at radius 2 is 1.84 bits per heavy atom. The average Bonchev–Trinajstić information content (AvgIpc) is 2.75. The van der Waals surface area contributed by atoms with Crippen molar-refractivity contribution in [2.24, 2.45) is 0 Å². The average molecular weight is 438 g/mol. The van der Waals surface area contributed by atoms with Crippen molar-refractivity contribution in [2.75, 3.05) is 20.2 Å². The number of hydrogen-bond acceptors (Lipinski definition) is 5. The van der Waals surface area contributed by atoms with Gasteiger partial charge in [0.25, 0.3) is 5.69 Å². The van der Waals surface area contributed by atoms with Crippen LogP contribution in [0.3, 0.4) is 0 Å². The lowest BCUT2D eigenvalue weighted by Crippen LogP contribution is -2.32. The van der Waals surface area contributed by atoms with Crippen LogP contribution in [0, 0.1) is 29.8 Å². The number of halogens is 1. The maximum absolute atomic E-state index is 13.9. The minimum absolute atomic E-state index is 0.120. The third-order valence-electron chi connectivity index (χ3n) is 5.40. The monoisotopic (exact) mass is 438 g/mol. The molecule has 168 valence electrons. The predicted octanol–water partition coefficient (Wildman–Crippen LogP) is 4.89. The molecular formula is C25H27FN2O4. The first-order valence-electron chi connectivity index (χ1n) is 10.3. The van der Waals surface area contributed by atoms with Crippen LogP contribution in [-0.4, -0.2) is 41.2 Å². The van der Waals surface area contributed by atoms with E-state index in [0.717, 1.165) is 17.2 Å². The van der Waals surface area contributed by atoms with Crippen molar-refractivity contribution in [3.05, 3.63) is 93.3 Å². The Bertz CT molecular complexity index is 1090. The first-order chi connectivity index (χ1) is 15.2. The fraction of sp³-hybridized carbons (Fsp3) is 0.280. The number of likely N-dealkylation sites (N-methyl/N-ethyl adjacent to an activating group) is 1. The molecule has 0 radical (unpaired) electrons. The van der Waals surface area contributed by atoms with Gasteiger partial charge in [-0.05, 0) is 54.8 Å². The maximum atomic E-state index is 13.9. The number of aliphatic hydroxyl groups excluding tert-OH is 1. The lowest BCUT2D eigenvalue weighted by molar-refractivity contribution is -0.385. The Morgan fingerprint density at radius 1 is 1.12 bits per heavy atom. The lowest BCUT2D eigenvalue weighted by atomic mass is 9.96. The Hall–Kier alpha value is -3.29. The zero-order valence-electron chi connectivity index (χ0n) is 18.4. The van der Waals surface area contributed by atoms with Gasteiger partial charge in [-0.25, -0.2) is 4.39 Å². The van der Waals surface area contributed by atoms with E-state index >= 15 is 0 Å². The molecule has 3 aromatic carbocycles. The van der Waals surface area contributed by atoms with Crippen LogP contribution >= 0.6 is 0 Å². The molecule has 6 nitrogen and oxygen atoms in total. The molecule has 1 atom stereocenters. The van der Waals surface area contributed by atoms with Crippen molar-refractivity contribution in [3.63, 3.8) is 0 Å². The van der Waals surface area contributed by atoms with Crippen LogP contribution in [0.1, 0.15) is 16.7 Å². The van der Waals surface area contributed by atoms with Gasteiger partial charge in [-0.3, -0.25) is 15.0 Å². The molecule has 0 aliphatic heterocycles. The second-order valence-corrected chi connectivity index (χ2v) is 7.98. The molecule has 7 heteroatoms. The van der Waals surface area contributed by atoms with Gasteiger partial charge in [0.1, 0.15) is 12.7 Å². The van der Waals surface area contributed by atoms with Gasteiger partial charge in [0.05, 0.1) is 11.0 Å². The topological polar surface area (TPSA) is 75.8 Å². The standard InChI is InChI=1S/C25H27FN2O4/c1-17-5-4-6-23(18(17)2)20-9-7-19(8-10-20)14-27(3)15-22(29)16-32-25-12-11-21(28(30)31)13-24(25)26/h4-13,22,29H,14-16H2,1-3H3. The van der Waals surface area contributed by atoms with Gasteiger partial charge < -0.3 is 9.84 Å². The van der Waals surface area contributed by atoms with Crippen molar-refractivity contribution >= 4 is 5.69 Å². The number of rotatable bonds is 9. The van der Waals surface area contributed by atoms with Crippen molar-refractivity contribution < 1.29 is 19.2 Å². The van der Waals surface area contributed by atoms with E-state index in [9.17, 15) is 19.6 Å². The van der Waals surface area contributed by atoms with Crippen molar-refractivity contribution in [2.45, 2.75) is 26.5 Å². The highest BCUT2D eigenvalue weighted by Crippen LogP contribution is 2.26. The number of nitrogens with zero attached hydrogens (tertiary/aromatic N) is 2. The van der Waals surface area contributed by atoms with Gasteiger partial charge in [0, 0.05) is 19.2 Å². The molecule has 0 aromatic heterocycles. The summed E-state index contributed by atoms with van der Waals surface area (Å²) in [6, 6.07) is 17.8. The van der Waals surface area contributed by atoms with Crippen LogP contribution in [0.5, 0.6) is 5.75 Å². The summed E-state index contributed by atoms with van der Waals surface area (Å²) in [5.41, 5.74) is 5.67. The quantitative estimate of drug-likeness (QED) is 0.380. The highest BCUT2D eigenvalue weighted by atomic mass is 19.1. The number of aliphatic hydroxyl groups is 1. The van der Waals surface area contributed by atoms with E-state index in [4.69, 9.17) is 4.74 Å². The van der Waals surface area contributed by atoms with E-state index in [2.05, 4.69) is 56.3 Å². The van der Waals surface area contributed by atoms with Crippen molar-refractivity contribution in [3.8, 4) is 16.9 Å². The van der Waals surface area contributed by atoms with Gasteiger partial charge in [0.2, 0.25) is 0 Å². The smallest absolute Gasteiger partial charge is 0.272 e. The molecule has 1 unspecified atom stereocenters. The predicted molar refractivity (Wildman–Crippen MR) is 122 cm³/mol. The van der Waals surface area contributed by atoms with E-state index in [1.54, 1.807) is 0 Å². The molecule has 0 aliphatic rings. The van der Waals surface area contributed by atoms with Crippen LogP contribution in [0.4, 0.5) is 10.1 Å². The summed E-state index contributed by atoms with van der Waals surface area (Å²) in [5.74, 6) is -0.956. The molecule has 0 spiro atoms. The molecule has 0 heterocycles. The van der Waals surface area contributed by atoms with Gasteiger partial charge >= 0.3 is 0 Å². The first kappa shape index (κ1) is 23.4. The van der Waals surface area contributed by atoms with Crippen LogP contribution in [0.15, 0.2) is 60.7 Å². The Kier molecular flexibility index (Phi) is 7.56. The molecule has 0 amide bonds. The second-order valence-electron chi connectivity index (χ2n) is 7.98. The van der Waals surface area contributed by atoms with E-state index < -0.39 is 16.8 Å². The maximum Gasteiger partial charge on any atom is 0.272 e. The van der Waals surface area contributed by atoms with Gasteiger partial charge in [-0.2, -0.15) is 0 Å². The van der Waals surface area contributed by atoms with E-state index in [1.165, 1.54) is 28.8 Å². The third-order valence-corrected chi connectivity index (χ3v) is 5.40. The zero-order chi connectivity index (χ0) is 23.3. The Morgan fingerprint density at radius 3 is 2.50 bits per heavy atom. The summed E-state index contributed by atoms with van der Waals surface area (Å²) in [5, 5.41) is 20.9. The number of ether oxygens (including phenoxy) is 1. The van der Waals surface area contributed by atoms with E-state index in [1.807, 2.05) is 11.9 Å². The highest BCUT2D eigenvalue weighted by molar-refractivity contribution is 5.68. The number of aryl methyl sites for hydroxylation is 1. The molecule has 0 saturated heterocycles. The van der Waals surface area contributed by atoms with Gasteiger partial charge in [0.15, 0.2) is 11.6 Å². The fourth-order valence-corrected chi connectivity index (χ4v) is 3.55. The molecule has 3 rings (SSSR count). The summed E-state index contributed by atoms with van der Waals surface area (Å²) >= 11 is 0. The molecule has 0 fully saturated rings. The molecule has 1 N–H and O–H groups in total. The number of non-ortho nitro benzene ring substituents is 1. The molecule has 0 aliphatic carbocycles. The van der Waals surface area contributed by atoms with E-state index in [-0.39, 0.29) is 18.0 Å². The molecule has 3 aromatic rings. The highest BCUT2D eigenvalue weighted by Gasteiger charge is 2.14. The second kappa shape index (κ2) is 10.3. The van der Waals surface area contributed by atoms with Crippen LogP contribution in [0.2, 0.25) is 0 Å². The number of hydrogen-bond donors (Lipinski definition) is 1. The first-order valence-corrected chi connectivity index (χ1v) is 10.3. The number of nitro groups is 1. The Balaban J connectivity index is 1.52.